The molecule has 0 spiro atoms. The molecule has 0 saturated carbocycles. The van der Waals surface area contributed by atoms with E-state index >= 15 is 0 Å². The molecule has 0 unspecified atom stereocenters. The summed E-state index contributed by atoms with van der Waals surface area (Å²) in [6.07, 6.45) is 0.140. The molecule has 1 aromatic carbocycles. The van der Waals surface area contributed by atoms with E-state index in [1.54, 1.807) is 12.1 Å². The smallest absolute Gasteiger partial charge is 0.307 e. The van der Waals surface area contributed by atoms with Gasteiger partial charge in [0.15, 0.2) is 0 Å². The zero-order valence-electron chi connectivity index (χ0n) is 8.34. The number of esters is 1. The van der Waals surface area contributed by atoms with E-state index in [1.807, 2.05) is 0 Å². The van der Waals surface area contributed by atoms with Crippen molar-refractivity contribution in [1.29, 1.82) is 0 Å². The zero-order valence-corrected chi connectivity index (χ0v) is 9.16. The Morgan fingerprint density at radius 2 is 2.00 bits per heavy atom. The first-order valence-corrected chi connectivity index (χ1v) is 4.25. The number of carbonyl (C=O) groups is 1. The van der Waals surface area contributed by atoms with Gasteiger partial charge >= 0.3 is 5.97 Å². The maximum Gasteiger partial charge on any atom is 0.307 e. The SMILES string of the molecule is COC(=O)C[C@H](N)c1ccc(O)cc1.Cl. The van der Waals surface area contributed by atoms with Gasteiger partial charge in [-0.05, 0) is 17.7 Å². The summed E-state index contributed by atoms with van der Waals surface area (Å²) < 4.78 is 4.50. The van der Waals surface area contributed by atoms with Gasteiger partial charge in [0.2, 0.25) is 0 Å². The highest BCUT2D eigenvalue weighted by molar-refractivity contribution is 5.85. The van der Waals surface area contributed by atoms with Gasteiger partial charge in [-0.1, -0.05) is 12.1 Å². The first-order valence-electron chi connectivity index (χ1n) is 4.25. The van der Waals surface area contributed by atoms with Gasteiger partial charge in [-0.15, -0.1) is 12.4 Å². The van der Waals surface area contributed by atoms with Gasteiger partial charge in [0.1, 0.15) is 5.75 Å². The predicted octanol–water partition coefficient (Wildman–Crippen LogP) is 1.38. The normalized spacial score (nSPS) is 11.3. The van der Waals surface area contributed by atoms with E-state index in [9.17, 15) is 4.79 Å². The summed E-state index contributed by atoms with van der Waals surface area (Å²) in [6.45, 7) is 0. The molecular weight excluding hydrogens is 218 g/mol. The molecule has 0 aliphatic carbocycles. The van der Waals surface area contributed by atoms with Crippen LogP contribution >= 0.6 is 12.4 Å². The van der Waals surface area contributed by atoms with E-state index in [2.05, 4.69) is 4.74 Å². The van der Waals surface area contributed by atoms with Crippen molar-refractivity contribution >= 4 is 18.4 Å². The van der Waals surface area contributed by atoms with E-state index in [0.29, 0.717) is 0 Å². The molecule has 3 N–H and O–H groups in total. The van der Waals surface area contributed by atoms with E-state index in [4.69, 9.17) is 10.8 Å². The van der Waals surface area contributed by atoms with Crippen molar-refractivity contribution < 1.29 is 14.6 Å². The number of hydrogen-bond acceptors (Lipinski definition) is 4. The number of aromatic hydroxyl groups is 1. The number of halogens is 1. The minimum Gasteiger partial charge on any atom is -0.508 e. The number of rotatable bonds is 3. The van der Waals surface area contributed by atoms with Gasteiger partial charge in [-0.3, -0.25) is 4.79 Å². The molecule has 1 atom stereocenters. The summed E-state index contributed by atoms with van der Waals surface area (Å²) in [6, 6.07) is 6.05. The van der Waals surface area contributed by atoms with Gasteiger partial charge in [-0.2, -0.15) is 0 Å². The molecule has 0 heterocycles. The van der Waals surface area contributed by atoms with Crippen LogP contribution in [0, 0.1) is 0 Å². The fourth-order valence-electron chi connectivity index (χ4n) is 1.10. The van der Waals surface area contributed by atoms with Crippen LogP contribution in [0.5, 0.6) is 5.75 Å². The van der Waals surface area contributed by atoms with Gasteiger partial charge in [0.05, 0.1) is 13.5 Å². The Kier molecular flexibility index (Phi) is 5.74. The molecule has 5 heteroatoms. The van der Waals surface area contributed by atoms with Gasteiger partial charge in [0.25, 0.3) is 0 Å². The van der Waals surface area contributed by atoms with Gasteiger partial charge in [-0.25, -0.2) is 0 Å². The summed E-state index contributed by atoms with van der Waals surface area (Å²) in [7, 11) is 1.33. The summed E-state index contributed by atoms with van der Waals surface area (Å²) >= 11 is 0. The lowest BCUT2D eigenvalue weighted by molar-refractivity contribution is -0.141. The van der Waals surface area contributed by atoms with Crippen LogP contribution in [0.2, 0.25) is 0 Å². The van der Waals surface area contributed by atoms with Gasteiger partial charge in [0, 0.05) is 6.04 Å². The monoisotopic (exact) mass is 231 g/mol. The zero-order chi connectivity index (χ0) is 10.6. The number of methoxy groups -OCH3 is 1. The Balaban J connectivity index is 0.00000196. The van der Waals surface area contributed by atoms with Crippen LogP contribution in [0.3, 0.4) is 0 Å². The molecule has 0 bridgehead atoms. The van der Waals surface area contributed by atoms with E-state index in [1.165, 1.54) is 19.2 Å². The lowest BCUT2D eigenvalue weighted by Crippen LogP contribution is -2.16. The van der Waals surface area contributed by atoms with Crippen LogP contribution in [0.1, 0.15) is 18.0 Å². The van der Waals surface area contributed by atoms with Crippen molar-refractivity contribution in [2.45, 2.75) is 12.5 Å². The maximum absolute atomic E-state index is 10.9. The lowest BCUT2D eigenvalue weighted by Gasteiger charge is -2.10. The summed E-state index contributed by atoms with van der Waals surface area (Å²) in [4.78, 5) is 10.9. The third-order valence-corrected chi connectivity index (χ3v) is 1.94. The Morgan fingerprint density at radius 1 is 1.47 bits per heavy atom. The quantitative estimate of drug-likeness (QED) is 0.771. The van der Waals surface area contributed by atoms with Crippen molar-refractivity contribution in [3.8, 4) is 5.75 Å². The number of nitrogens with two attached hydrogens (primary N) is 1. The molecule has 1 aromatic rings. The van der Waals surface area contributed by atoms with Crippen LogP contribution in [-0.4, -0.2) is 18.2 Å². The minimum absolute atomic E-state index is 0. The topological polar surface area (TPSA) is 72.5 Å². The average molecular weight is 232 g/mol. The molecule has 0 fully saturated rings. The second-order valence-electron chi connectivity index (χ2n) is 2.98. The summed E-state index contributed by atoms with van der Waals surface area (Å²) in [5.74, 6) is -0.162. The fraction of sp³-hybridized carbons (Fsp3) is 0.300. The first kappa shape index (κ1) is 13.7. The summed E-state index contributed by atoms with van der Waals surface area (Å²) in [5.41, 5.74) is 6.54. The molecule has 84 valence electrons. The number of hydrogen-bond donors (Lipinski definition) is 2. The van der Waals surface area contributed by atoms with Crippen LogP contribution in [-0.2, 0) is 9.53 Å². The first-order chi connectivity index (χ1) is 6.63. The third kappa shape index (κ3) is 4.18. The van der Waals surface area contributed by atoms with Crippen LogP contribution in [0.25, 0.3) is 0 Å². The number of phenols is 1. The third-order valence-electron chi connectivity index (χ3n) is 1.94. The van der Waals surface area contributed by atoms with Gasteiger partial charge < -0.3 is 15.6 Å². The van der Waals surface area contributed by atoms with Crippen LogP contribution < -0.4 is 5.73 Å². The molecule has 0 radical (unpaired) electrons. The second-order valence-corrected chi connectivity index (χ2v) is 2.98. The Bertz CT molecular complexity index is 313. The molecule has 1 rings (SSSR count). The lowest BCUT2D eigenvalue weighted by atomic mass is 10.1. The van der Waals surface area contributed by atoms with Crippen LogP contribution in [0.4, 0.5) is 0 Å². The highest BCUT2D eigenvalue weighted by Gasteiger charge is 2.11. The number of carbonyl (C=O) groups excluding carboxylic acids is 1. The fourth-order valence-corrected chi connectivity index (χ4v) is 1.10. The number of benzene rings is 1. The van der Waals surface area contributed by atoms with E-state index in [0.717, 1.165) is 5.56 Å². The van der Waals surface area contributed by atoms with Crippen molar-refractivity contribution in [2.75, 3.05) is 7.11 Å². The van der Waals surface area contributed by atoms with Crippen molar-refractivity contribution in [3.63, 3.8) is 0 Å². The highest BCUT2D eigenvalue weighted by Crippen LogP contribution is 2.17. The number of ether oxygens (including phenoxy) is 1. The highest BCUT2D eigenvalue weighted by atomic mass is 35.5. The minimum atomic E-state index is -0.386. The van der Waals surface area contributed by atoms with Crippen molar-refractivity contribution in [3.05, 3.63) is 29.8 Å². The predicted molar refractivity (Wildman–Crippen MR) is 58.9 cm³/mol. The Hall–Kier alpha value is -1.26. The van der Waals surface area contributed by atoms with Crippen LogP contribution in [0.15, 0.2) is 24.3 Å². The molecule has 15 heavy (non-hydrogen) atoms. The second kappa shape index (κ2) is 6.27. The molecular formula is C10H14ClNO3. The van der Waals surface area contributed by atoms with E-state index < -0.39 is 0 Å². The average Bonchev–Trinajstić information content (AvgIpc) is 2.18. The largest absolute Gasteiger partial charge is 0.508 e. The van der Waals surface area contributed by atoms with Crippen molar-refractivity contribution in [2.24, 2.45) is 5.73 Å². The molecule has 4 nitrogen and oxygen atoms in total. The molecule has 0 saturated heterocycles. The Morgan fingerprint density at radius 3 is 2.47 bits per heavy atom. The molecule has 0 aromatic heterocycles. The number of phenolic OH excluding ortho intramolecular Hbond substituents is 1. The molecule has 0 amide bonds. The Labute approximate surface area is 94.5 Å². The van der Waals surface area contributed by atoms with E-state index in [-0.39, 0.29) is 36.6 Å². The maximum atomic E-state index is 10.9. The molecule has 0 aliphatic rings. The molecule has 0 aliphatic heterocycles. The standard InChI is InChI=1S/C10H13NO3.ClH/c1-14-10(13)6-9(11)7-2-4-8(12)5-3-7;/h2-5,9,12H,6,11H2,1H3;1H/t9-;/m0./s1. The summed E-state index contributed by atoms with van der Waals surface area (Å²) in [5, 5.41) is 9.03. The van der Waals surface area contributed by atoms with Crippen molar-refractivity contribution in [1.82, 2.24) is 0 Å².